The molecule has 0 radical (unpaired) electrons. The summed E-state index contributed by atoms with van der Waals surface area (Å²) in [7, 11) is -5.51. The molecule has 1 aliphatic heterocycles. The van der Waals surface area contributed by atoms with Crippen LogP contribution in [0.1, 0.15) is 70.7 Å². The number of hydrogen-bond donors (Lipinski definition) is 7. The summed E-state index contributed by atoms with van der Waals surface area (Å²) in [6, 6.07) is 16.3. The molecular weight excluding hydrogens is 861 g/mol. The van der Waals surface area contributed by atoms with Gasteiger partial charge in [0, 0.05) is 6.20 Å². The number of aliphatic hydroxyl groups is 2. The van der Waals surface area contributed by atoms with Crippen LogP contribution in [-0.2, 0) is 59.8 Å². The van der Waals surface area contributed by atoms with E-state index in [2.05, 4.69) is 20.9 Å². The Morgan fingerprint density at radius 3 is 1.94 bits per heavy atom. The van der Waals surface area contributed by atoms with Crippen molar-refractivity contribution in [1.82, 2.24) is 20.2 Å². The second-order valence-corrected chi connectivity index (χ2v) is 17.4. The minimum absolute atomic E-state index is 0.0674. The van der Waals surface area contributed by atoms with E-state index in [0.717, 1.165) is 23.3 Å². The maximum Gasteiger partial charge on any atom is 0.592 e. The molecule has 2 unspecified atom stereocenters. The molecule has 21 nitrogen and oxygen atoms in total. The number of carboxylic acids is 2. The van der Waals surface area contributed by atoms with Gasteiger partial charge in [-0.3, -0.25) is 24.0 Å². The van der Waals surface area contributed by atoms with Gasteiger partial charge in [-0.25, -0.2) is 23.7 Å². The van der Waals surface area contributed by atoms with Crippen molar-refractivity contribution in [3.8, 4) is 0 Å². The molecule has 1 fully saturated rings. The lowest BCUT2D eigenvalue weighted by molar-refractivity contribution is -0.149. The lowest BCUT2D eigenvalue weighted by atomic mass is 9.96. The second-order valence-electron chi connectivity index (χ2n) is 15.9. The third kappa shape index (κ3) is 15.9. The highest BCUT2D eigenvalue weighted by Gasteiger charge is 2.54. The van der Waals surface area contributed by atoms with Crippen molar-refractivity contribution < 1.29 is 72.0 Å². The molecule has 8 atom stereocenters. The predicted octanol–water partition coefficient (Wildman–Crippen LogP) is 3.39. The van der Waals surface area contributed by atoms with Crippen molar-refractivity contribution in [2.45, 2.75) is 103 Å². The van der Waals surface area contributed by atoms with E-state index >= 15 is 0 Å². The Morgan fingerprint density at radius 2 is 1.41 bits per heavy atom. The zero-order valence-electron chi connectivity index (χ0n) is 35.9. The molecule has 2 heterocycles. The number of nitrogens with zero attached hydrogens (tertiary/aromatic N) is 2. The smallest absolute Gasteiger partial charge is 0.481 e. The van der Waals surface area contributed by atoms with E-state index in [0.29, 0.717) is 24.8 Å². The molecular formula is C42H56N5O16P. The summed E-state index contributed by atoms with van der Waals surface area (Å²) in [5, 5.41) is 49.4. The molecule has 64 heavy (non-hydrogen) atoms. The number of carbonyl (C=O) groups excluding carboxylic acids is 3. The Hall–Kier alpha value is -5.54. The monoisotopic (exact) mass is 917 g/mol. The SMILES string of the molecule is CC(C)CCN[C@@H](CC(=O)O)C(=O)OP(=O)(OC[C@H]1O[C@@H](n2ccc(NC(=O)OCc3ccccc3)nc2=O)[C@](C)(O)[C@@H]1O)OC(=O)[C@H](CC(=O)O)NCCC(C)Cc1ccccc1. The summed E-state index contributed by atoms with van der Waals surface area (Å²) in [6.45, 7) is 5.95. The predicted molar refractivity (Wildman–Crippen MR) is 226 cm³/mol. The van der Waals surface area contributed by atoms with Gasteiger partial charge in [0.15, 0.2) is 6.23 Å². The molecule has 1 amide bonds. The van der Waals surface area contributed by atoms with E-state index in [1.165, 1.54) is 6.07 Å². The average Bonchev–Trinajstić information content (AvgIpc) is 3.45. The van der Waals surface area contributed by atoms with E-state index < -0.39 is 99.1 Å². The van der Waals surface area contributed by atoms with Crippen molar-refractivity contribution in [3.63, 3.8) is 0 Å². The van der Waals surface area contributed by atoms with Crippen LogP contribution in [0.3, 0.4) is 0 Å². The third-order valence-electron chi connectivity index (χ3n) is 9.97. The maximum atomic E-state index is 14.3. The molecule has 0 saturated carbocycles. The van der Waals surface area contributed by atoms with Crippen molar-refractivity contribution in [1.29, 1.82) is 0 Å². The standard InChI is InChI=1S/C42H56N5O16P/c1-26(2)15-18-43-30(22-34(48)49)37(53)62-64(58,63-38(54)31(23-35(50)51)44-19-16-27(3)21-28-11-7-5-8-12-28)60-25-32-36(52)42(4,57)39(61-32)47-20-17-33(45-40(47)55)46-41(56)59-24-29-13-9-6-10-14-29/h5-14,17,20,26-27,30-32,36,39,43-44,52,57H,15-16,18-19,21-25H2,1-4H3,(H,48,49)(H,50,51)(H,45,46,55,56)/t27?,30-,31-,32+,36+,39+,42+,64?/m0/s1. The highest BCUT2D eigenvalue weighted by Crippen LogP contribution is 2.51. The molecule has 3 aromatic rings. The van der Waals surface area contributed by atoms with Crippen LogP contribution >= 0.6 is 7.82 Å². The van der Waals surface area contributed by atoms with Gasteiger partial charge >= 0.3 is 43.5 Å². The third-order valence-corrected chi connectivity index (χ3v) is 11.2. The number of anilines is 1. The molecule has 7 N–H and O–H groups in total. The molecule has 0 spiro atoms. The van der Waals surface area contributed by atoms with Gasteiger partial charge in [0.25, 0.3) is 0 Å². The molecule has 1 aliphatic rings. The van der Waals surface area contributed by atoms with Gasteiger partial charge in [-0.05, 0) is 68.3 Å². The number of benzene rings is 2. The van der Waals surface area contributed by atoms with Gasteiger partial charge in [-0.1, -0.05) is 81.4 Å². The van der Waals surface area contributed by atoms with Crippen molar-refractivity contribution in [2.75, 3.05) is 25.0 Å². The Morgan fingerprint density at radius 1 is 0.859 bits per heavy atom. The lowest BCUT2D eigenvalue weighted by Gasteiger charge is -2.27. The topological polar surface area (TPSA) is 300 Å². The summed E-state index contributed by atoms with van der Waals surface area (Å²) < 4.78 is 41.6. The first-order valence-corrected chi connectivity index (χ1v) is 22.0. The summed E-state index contributed by atoms with van der Waals surface area (Å²) in [5.74, 6) is -5.82. The van der Waals surface area contributed by atoms with E-state index in [-0.39, 0.29) is 37.4 Å². The van der Waals surface area contributed by atoms with Gasteiger partial charge in [0.1, 0.15) is 42.3 Å². The molecule has 0 aliphatic carbocycles. The number of phosphoric acid groups is 1. The average molecular weight is 918 g/mol. The van der Waals surface area contributed by atoms with Crippen LogP contribution in [0.15, 0.2) is 77.7 Å². The fraction of sp³-hybridized carbons (Fsp3) is 0.500. The van der Waals surface area contributed by atoms with Crippen LogP contribution in [0, 0.1) is 11.8 Å². The largest absolute Gasteiger partial charge is 0.592 e. The van der Waals surface area contributed by atoms with Crippen LogP contribution in [0.4, 0.5) is 10.6 Å². The number of nitrogens with one attached hydrogen (secondary N) is 3. The minimum atomic E-state index is -5.51. The molecule has 0 bridgehead atoms. The molecule has 350 valence electrons. The quantitative estimate of drug-likeness (QED) is 0.0599. The van der Waals surface area contributed by atoms with Crippen molar-refractivity contribution in [3.05, 3.63) is 94.5 Å². The molecule has 4 rings (SSSR count). The molecule has 2 aromatic carbocycles. The minimum Gasteiger partial charge on any atom is -0.481 e. The number of carbonyl (C=O) groups is 5. The second kappa shape index (κ2) is 23.9. The summed E-state index contributed by atoms with van der Waals surface area (Å²) in [5.41, 5.74) is -1.58. The number of amides is 1. The van der Waals surface area contributed by atoms with E-state index in [1.54, 1.807) is 30.3 Å². The zero-order valence-corrected chi connectivity index (χ0v) is 36.8. The van der Waals surface area contributed by atoms with Crippen LogP contribution in [0.5, 0.6) is 0 Å². The van der Waals surface area contributed by atoms with Gasteiger partial charge in [0.2, 0.25) is 0 Å². The maximum absolute atomic E-state index is 14.3. The number of aliphatic carboxylic acids is 2. The molecule has 1 aromatic heterocycles. The first-order valence-electron chi connectivity index (χ1n) is 20.5. The Balaban J connectivity index is 1.51. The van der Waals surface area contributed by atoms with Crippen LogP contribution in [-0.4, -0.2) is 110 Å². The zero-order chi connectivity index (χ0) is 47.0. The number of rotatable bonds is 25. The summed E-state index contributed by atoms with van der Waals surface area (Å²) in [6.07, 6.45) is -5.19. The van der Waals surface area contributed by atoms with Crippen molar-refractivity contribution in [2.24, 2.45) is 11.8 Å². The summed E-state index contributed by atoms with van der Waals surface area (Å²) >= 11 is 0. The first kappa shape index (κ1) is 51.1. The number of aromatic nitrogens is 2. The Kier molecular flexibility index (Phi) is 19.1. The Labute approximate surface area is 369 Å². The van der Waals surface area contributed by atoms with E-state index in [4.69, 9.17) is 23.0 Å². The summed E-state index contributed by atoms with van der Waals surface area (Å²) in [4.78, 5) is 79.8. The van der Waals surface area contributed by atoms with Gasteiger partial charge in [-0.2, -0.15) is 4.98 Å². The Bertz CT molecular complexity index is 2140. The number of carboxylic acid groups (broad SMARTS) is 2. The van der Waals surface area contributed by atoms with Crippen molar-refractivity contribution >= 4 is 43.6 Å². The normalized spacial score (nSPS) is 20.6. The van der Waals surface area contributed by atoms with E-state index in [1.807, 2.05) is 51.1 Å². The number of aliphatic hydroxyl groups excluding tert-OH is 1. The lowest BCUT2D eigenvalue weighted by Crippen LogP contribution is -2.46. The fourth-order valence-corrected chi connectivity index (χ4v) is 7.65. The van der Waals surface area contributed by atoms with Gasteiger partial charge in [-0.15, -0.1) is 0 Å². The number of ether oxygens (including phenoxy) is 2. The van der Waals surface area contributed by atoms with Gasteiger partial charge in [0.05, 0.1) is 19.4 Å². The fourth-order valence-electron chi connectivity index (χ4n) is 6.48. The first-order chi connectivity index (χ1) is 30.3. The van der Waals surface area contributed by atoms with E-state index in [9.17, 15) is 53.8 Å². The molecule has 22 heteroatoms. The van der Waals surface area contributed by atoms with Crippen LogP contribution in [0.2, 0.25) is 0 Å². The van der Waals surface area contributed by atoms with Crippen LogP contribution in [0.25, 0.3) is 0 Å². The highest BCUT2D eigenvalue weighted by atomic mass is 31.2. The highest BCUT2D eigenvalue weighted by molar-refractivity contribution is 7.49. The number of phosphoric ester groups is 1. The molecule has 1 saturated heterocycles. The number of hydrogen-bond acceptors (Lipinski definition) is 17. The van der Waals surface area contributed by atoms with Crippen LogP contribution < -0.4 is 21.6 Å². The van der Waals surface area contributed by atoms with Gasteiger partial charge < -0.3 is 49.6 Å².